The molecule has 4 heteroatoms. The van der Waals surface area contributed by atoms with Gasteiger partial charge in [-0.15, -0.1) is 10.2 Å². The Kier molecular flexibility index (Phi) is 2.87. The molecule has 0 bridgehead atoms. The molecular formula is C15H24N4. The molecule has 1 aromatic rings. The smallest absolute Gasteiger partial charge is 0.147 e. The van der Waals surface area contributed by atoms with Crippen molar-refractivity contribution in [3.8, 4) is 0 Å². The SMILES string of the molecule is C1CCc2nnc(CN3CCCC4(CC4)C3)n2CC1. The molecule has 104 valence electrons. The number of aryl methyl sites for hydroxylation is 1. The van der Waals surface area contributed by atoms with Gasteiger partial charge in [-0.25, -0.2) is 0 Å². The van der Waals surface area contributed by atoms with Crippen LogP contribution in [0.15, 0.2) is 0 Å². The zero-order valence-corrected chi connectivity index (χ0v) is 11.8. The van der Waals surface area contributed by atoms with Crippen LogP contribution < -0.4 is 0 Å². The van der Waals surface area contributed by atoms with E-state index in [2.05, 4.69) is 19.7 Å². The summed E-state index contributed by atoms with van der Waals surface area (Å²) in [7, 11) is 0. The Balaban J connectivity index is 1.49. The molecule has 2 aliphatic heterocycles. The highest BCUT2D eigenvalue weighted by molar-refractivity contribution is 5.01. The van der Waals surface area contributed by atoms with Gasteiger partial charge in [0.05, 0.1) is 6.54 Å². The highest BCUT2D eigenvalue weighted by Gasteiger charge is 2.45. The van der Waals surface area contributed by atoms with E-state index in [1.807, 2.05) is 0 Å². The quantitative estimate of drug-likeness (QED) is 0.818. The van der Waals surface area contributed by atoms with Crippen molar-refractivity contribution in [2.45, 2.75) is 64.5 Å². The molecule has 0 atom stereocenters. The first-order valence-corrected chi connectivity index (χ1v) is 7.98. The number of hydrogen-bond donors (Lipinski definition) is 0. The van der Waals surface area contributed by atoms with E-state index in [4.69, 9.17) is 0 Å². The average molecular weight is 260 g/mol. The first-order chi connectivity index (χ1) is 9.35. The molecule has 2 fully saturated rings. The highest BCUT2D eigenvalue weighted by Crippen LogP contribution is 2.52. The summed E-state index contributed by atoms with van der Waals surface area (Å²) in [5, 5.41) is 8.89. The zero-order valence-electron chi connectivity index (χ0n) is 11.8. The van der Waals surface area contributed by atoms with Crippen molar-refractivity contribution in [1.82, 2.24) is 19.7 Å². The van der Waals surface area contributed by atoms with Crippen molar-refractivity contribution in [3.63, 3.8) is 0 Å². The number of nitrogens with zero attached hydrogens (tertiary/aromatic N) is 4. The predicted molar refractivity (Wildman–Crippen MR) is 73.8 cm³/mol. The van der Waals surface area contributed by atoms with Crippen LogP contribution in [0, 0.1) is 5.41 Å². The lowest BCUT2D eigenvalue weighted by atomic mass is 9.95. The van der Waals surface area contributed by atoms with Crippen molar-refractivity contribution in [2.24, 2.45) is 5.41 Å². The molecule has 1 spiro atoms. The lowest BCUT2D eigenvalue weighted by Gasteiger charge is -2.32. The average Bonchev–Trinajstić information content (AvgIpc) is 3.12. The van der Waals surface area contributed by atoms with Gasteiger partial charge in [-0.3, -0.25) is 4.90 Å². The summed E-state index contributed by atoms with van der Waals surface area (Å²) in [5.41, 5.74) is 0.708. The van der Waals surface area contributed by atoms with Crippen LogP contribution in [-0.4, -0.2) is 32.8 Å². The number of likely N-dealkylation sites (tertiary alicyclic amines) is 1. The van der Waals surface area contributed by atoms with Gasteiger partial charge in [0.1, 0.15) is 11.6 Å². The molecule has 3 heterocycles. The van der Waals surface area contributed by atoms with Crippen molar-refractivity contribution in [2.75, 3.05) is 13.1 Å². The second kappa shape index (κ2) is 4.58. The minimum Gasteiger partial charge on any atom is -0.314 e. The second-order valence-electron chi connectivity index (χ2n) is 6.81. The number of rotatable bonds is 2. The Labute approximate surface area is 115 Å². The third kappa shape index (κ3) is 2.31. The van der Waals surface area contributed by atoms with E-state index >= 15 is 0 Å². The molecule has 4 rings (SSSR count). The van der Waals surface area contributed by atoms with Gasteiger partial charge in [-0.05, 0) is 50.5 Å². The summed E-state index contributed by atoms with van der Waals surface area (Å²) in [6.07, 6.45) is 10.8. The van der Waals surface area contributed by atoms with Gasteiger partial charge < -0.3 is 4.57 Å². The van der Waals surface area contributed by atoms with Crippen molar-refractivity contribution in [3.05, 3.63) is 11.6 Å². The first kappa shape index (κ1) is 11.9. The molecule has 1 saturated carbocycles. The minimum atomic E-state index is 0.708. The maximum Gasteiger partial charge on any atom is 0.147 e. The summed E-state index contributed by atoms with van der Waals surface area (Å²) in [6.45, 7) is 4.71. The molecular weight excluding hydrogens is 236 g/mol. The Hall–Kier alpha value is -0.900. The molecule has 0 radical (unpaired) electrons. The molecule has 0 N–H and O–H groups in total. The lowest BCUT2D eigenvalue weighted by molar-refractivity contribution is 0.149. The van der Waals surface area contributed by atoms with Gasteiger partial charge >= 0.3 is 0 Å². The topological polar surface area (TPSA) is 34.0 Å². The Morgan fingerprint density at radius 2 is 1.89 bits per heavy atom. The molecule has 4 nitrogen and oxygen atoms in total. The van der Waals surface area contributed by atoms with E-state index in [9.17, 15) is 0 Å². The lowest BCUT2D eigenvalue weighted by Crippen LogP contribution is -2.36. The van der Waals surface area contributed by atoms with Gasteiger partial charge in [0.25, 0.3) is 0 Å². The van der Waals surface area contributed by atoms with Gasteiger partial charge in [0.15, 0.2) is 0 Å². The fourth-order valence-electron chi connectivity index (χ4n) is 3.89. The molecule has 1 aromatic heterocycles. The third-order valence-electron chi connectivity index (χ3n) is 5.25. The van der Waals surface area contributed by atoms with E-state index in [1.165, 1.54) is 69.7 Å². The minimum absolute atomic E-state index is 0.708. The highest BCUT2D eigenvalue weighted by atomic mass is 15.3. The molecule has 0 unspecified atom stereocenters. The maximum atomic E-state index is 4.47. The summed E-state index contributed by atoms with van der Waals surface area (Å²) in [5.74, 6) is 2.44. The molecule has 3 aliphatic rings. The number of piperidine rings is 1. The molecule has 1 saturated heterocycles. The standard InChI is InChI=1S/C15H24N4/c1-2-5-13-16-17-14(19(13)10-3-1)11-18-9-4-6-15(12-18)7-8-15/h1-12H2. The largest absolute Gasteiger partial charge is 0.314 e. The van der Waals surface area contributed by atoms with Crippen molar-refractivity contribution < 1.29 is 0 Å². The van der Waals surface area contributed by atoms with Crippen LogP contribution >= 0.6 is 0 Å². The van der Waals surface area contributed by atoms with Gasteiger partial charge in [-0.1, -0.05) is 6.42 Å². The van der Waals surface area contributed by atoms with Crippen molar-refractivity contribution >= 4 is 0 Å². The number of aromatic nitrogens is 3. The van der Waals surface area contributed by atoms with E-state index in [0.717, 1.165) is 19.5 Å². The number of fused-ring (bicyclic) bond motifs is 1. The third-order valence-corrected chi connectivity index (χ3v) is 5.25. The monoisotopic (exact) mass is 260 g/mol. The summed E-state index contributed by atoms with van der Waals surface area (Å²) >= 11 is 0. The molecule has 0 aromatic carbocycles. The van der Waals surface area contributed by atoms with Gasteiger partial charge in [-0.2, -0.15) is 0 Å². The van der Waals surface area contributed by atoms with E-state index in [-0.39, 0.29) is 0 Å². The van der Waals surface area contributed by atoms with Crippen LogP contribution in [0.5, 0.6) is 0 Å². The van der Waals surface area contributed by atoms with Crippen LogP contribution in [0.4, 0.5) is 0 Å². The normalized spacial score (nSPS) is 26.1. The summed E-state index contributed by atoms with van der Waals surface area (Å²) < 4.78 is 2.40. The summed E-state index contributed by atoms with van der Waals surface area (Å²) in [4.78, 5) is 2.62. The zero-order chi connectivity index (χ0) is 12.7. The van der Waals surface area contributed by atoms with E-state index < -0.39 is 0 Å². The second-order valence-corrected chi connectivity index (χ2v) is 6.81. The number of hydrogen-bond acceptors (Lipinski definition) is 3. The van der Waals surface area contributed by atoms with Gasteiger partial charge in [0.2, 0.25) is 0 Å². The Morgan fingerprint density at radius 1 is 0.947 bits per heavy atom. The fraction of sp³-hybridized carbons (Fsp3) is 0.867. The van der Waals surface area contributed by atoms with Crippen molar-refractivity contribution in [1.29, 1.82) is 0 Å². The Morgan fingerprint density at radius 3 is 2.79 bits per heavy atom. The van der Waals surface area contributed by atoms with E-state index in [1.54, 1.807) is 0 Å². The van der Waals surface area contributed by atoms with Crippen LogP contribution in [0.25, 0.3) is 0 Å². The molecule has 0 amide bonds. The van der Waals surface area contributed by atoms with Crippen LogP contribution in [0.3, 0.4) is 0 Å². The Bertz CT molecular complexity index is 461. The van der Waals surface area contributed by atoms with Crippen LogP contribution in [0.2, 0.25) is 0 Å². The summed E-state index contributed by atoms with van der Waals surface area (Å²) in [6, 6.07) is 0. The van der Waals surface area contributed by atoms with Gasteiger partial charge in [0, 0.05) is 19.5 Å². The van der Waals surface area contributed by atoms with Crippen LogP contribution in [0.1, 0.15) is 56.6 Å². The predicted octanol–water partition coefficient (Wildman–Crippen LogP) is 2.38. The molecule has 19 heavy (non-hydrogen) atoms. The van der Waals surface area contributed by atoms with E-state index in [0.29, 0.717) is 5.41 Å². The van der Waals surface area contributed by atoms with Crippen LogP contribution in [-0.2, 0) is 19.5 Å². The molecule has 1 aliphatic carbocycles. The fourth-order valence-corrected chi connectivity index (χ4v) is 3.89. The maximum absolute atomic E-state index is 4.47. The first-order valence-electron chi connectivity index (χ1n) is 7.98.